The summed E-state index contributed by atoms with van der Waals surface area (Å²) < 4.78 is 4.81. The number of carbonyl (C=O) groups is 1. The number of para-hydroxylation sites is 1. The van der Waals surface area contributed by atoms with Crippen LogP contribution in [0.15, 0.2) is 40.2 Å². The van der Waals surface area contributed by atoms with Gasteiger partial charge in [0.1, 0.15) is 6.54 Å². The first-order valence-electron chi connectivity index (χ1n) is 9.69. The summed E-state index contributed by atoms with van der Waals surface area (Å²) >= 11 is 1.45. The molecule has 0 aliphatic carbocycles. The van der Waals surface area contributed by atoms with E-state index in [1.807, 2.05) is 43.3 Å². The van der Waals surface area contributed by atoms with Crippen molar-refractivity contribution in [1.29, 1.82) is 0 Å². The number of nitrogens with zero attached hydrogens (tertiary/aromatic N) is 7. The van der Waals surface area contributed by atoms with E-state index in [9.17, 15) is 14.4 Å². The summed E-state index contributed by atoms with van der Waals surface area (Å²) in [5.41, 5.74) is 0.358. The number of aromatic nitrogens is 5. The van der Waals surface area contributed by atoms with Crippen molar-refractivity contribution in [1.82, 2.24) is 28.6 Å². The topological polar surface area (TPSA) is 98.3 Å². The number of aryl methyl sites for hydroxylation is 1. The van der Waals surface area contributed by atoms with Crippen molar-refractivity contribution < 1.29 is 4.79 Å². The van der Waals surface area contributed by atoms with E-state index < -0.39 is 11.2 Å². The van der Waals surface area contributed by atoms with Gasteiger partial charge in [-0.2, -0.15) is 0 Å². The molecule has 4 aromatic rings. The van der Waals surface area contributed by atoms with Crippen LogP contribution in [0.1, 0.15) is 0 Å². The number of fused-ring (bicyclic) bond motifs is 2. The summed E-state index contributed by atoms with van der Waals surface area (Å²) in [6.07, 6.45) is 1.42. The summed E-state index contributed by atoms with van der Waals surface area (Å²) in [5, 5.41) is 0.609. The van der Waals surface area contributed by atoms with Crippen molar-refractivity contribution in [2.75, 3.05) is 32.1 Å². The molecule has 4 rings (SSSR count). The molecule has 1 aromatic carbocycles. The highest BCUT2D eigenvalue weighted by atomic mass is 32.1. The van der Waals surface area contributed by atoms with Gasteiger partial charge >= 0.3 is 5.69 Å². The third-order valence-corrected chi connectivity index (χ3v) is 6.17. The third-order valence-electron chi connectivity index (χ3n) is 5.11. The van der Waals surface area contributed by atoms with Crippen LogP contribution < -0.4 is 16.1 Å². The van der Waals surface area contributed by atoms with Gasteiger partial charge in [-0.25, -0.2) is 14.8 Å². The number of hydrogen-bond donors (Lipinski definition) is 0. The molecule has 0 radical (unpaired) electrons. The van der Waals surface area contributed by atoms with Gasteiger partial charge < -0.3 is 9.47 Å². The molecule has 10 nitrogen and oxygen atoms in total. The Hall–Kier alpha value is -3.31. The maximum Gasteiger partial charge on any atom is 0.332 e. The van der Waals surface area contributed by atoms with Crippen LogP contribution in [0.25, 0.3) is 21.4 Å². The number of anilines is 1. The van der Waals surface area contributed by atoms with Crippen LogP contribution in [0.2, 0.25) is 0 Å². The summed E-state index contributed by atoms with van der Waals surface area (Å²) in [6, 6.07) is 7.74. The van der Waals surface area contributed by atoms with Crippen LogP contribution in [0, 0.1) is 0 Å². The molecule has 0 aliphatic rings. The van der Waals surface area contributed by atoms with Crippen molar-refractivity contribution in [2.45, 2.75) is 6.54 Å². The molecule has 0 unspecified atom stereocenters. The van der Waals surface area contributed by atoms with E-state index in [0.717, 1.165) is 14.8 Å². The van der Waals surface area contributed by atoms with Gasteiger partial charge in [0.05, 0.1) is 16.5 Å². The summed E-state index contributed by atoms with van der Waals surface area (Å²) in [5.74, 6) is -0.212. The van der Waals surface area contributed by atoms with E-state index in [1.54, 1.807) is 11.9 Å². The van der Waals surface area contributed by atoms with E-state index in [0.29, 0.717) is 18.2 Å². The highest BCUT2D eigenvalue weighted by Gasteiger charge is 2.22. The second-order valence-electron chi connectivity index (χ2n) is 7.56. The average molecular weight is 442 g/mol. The number of carbonyl (C=O) groups excluding carboxylic acids is 1. The lowest BCUT2D eigenvalue weighted by Crippen LogP contribution is -2.40. The van der Waals surface area contributed by atoms with Gasteiger partial charge in [-0.15, -0.1) is 0 Å². The predicted octanol–water partition coefficient (Wildman–Crippen LogP) is 0.638. The molecule has 3 heterocycles. The van der Waals surface area contributed by atoms with Gasteiger partial charge in [-0.1, -0.05) is 23.5 Å². The van der Waals surface area contributed by atoms with E-state index in [2.05, 4.69) is 9.97 Å². The first-order chi connectivity index (χ1) is 14.8. The maximum atomic E-state index is 13.3. The lowest BCUT2D eigenvalue weighted by atomic mass is 10.3. The number of benzene rings is 1. The number of amides is 1. The molecular formula is C20H23N7O3S. The molecule has 0 fully saturated rings. The molecule has 162 valence electrons. The molecule has 11 heteroatoms. The van der Waals surface area contributed by atoms with Crippen LogP contribution >= 0.6 is 11.3 Å². The minimum absolute atomic E-state index is 0.0900. The molecule has 0 N–H and O–H groups in total. The number of rotatable bonds is 6. The second kappa shape index (κ2) is 8.08. The quantitative estimate of drug-likeness (QED) is 0.436. The normalized spacial score (nSPS) is 11.6. The van der Waals surface area contributed by atoms with Gasteiger partial charge in [-0.05, 0) is 26.2 Å². The molecule has 3 aromatic heterocycles. The van der Waals surface area contributed by atoms with Crippen LogP contribution in [0.5, 0.6) is 0 Å². The Morgan fingerprint density at radius 3 is 2.55 bits per heavy atom. The molecular weight excluding hydrogens is 418 g/mol. The fourth-order valence-corrected chi connectivity index (χ4v) is 4.36. The van der Waals surface area contributed by atoms with E-state index in [4.69, 9.17) is 0 Å². The largest absolute Gasteiger partial charge is 0.332 e. The standard InChI is InChI=1S/C20H23N7O3S/c1-23(2)9-10-27(19-22-13-7-5-6-8-14(13)31-19)15(28)11-26-12-21-17-16(26)18(29)25(4)20(30)24(17)3/h5-8,12H,9-11H2,1-4H3. The zero-order valence-corrected chi connectivity index (χ0v) is 18.6. The maximum absolute atomic E-state index is 13.3. The molecule has 0 saturated carbocycles. The zero-order chi connectivity index (χ0) is 22.3. The molecule has 0 atom stereocenters. The van der Waals surface area contributed by atoms with Crippen LogP contribution in [0.3, 0.4) is 0 Å². The lowest BCUT2D eigenvalue weighted by molar-refractivity contribution is -0.119. The molecule has 1 amide bonds. The Bertz CT molecular complexity index is 1360. The molecule has 0 aliphatic heterocycles. The van der Waals surface area contributed by atoms with Gasteiger partial charge in [0.2, 0.25) is 5.91 Å². The van der Waals surface area contributed by atoms with Gasteiger partial charge in [-0.3, -0.25) is 23.6 Å². The lowest BCUT2D eigenvalue weighted by Gasteiger charge is -2.22. The number of hydrogen-bond acceptors (Lipinski definition) is 7. The van der Waals surface area contributed by atoms with Crippen molar-refractivity contribution in [2.24, 2.45) is 14.1 Å². The minimum Gasteiger partial charge on any atom is -0.315 e. The predicted molar refractivity (Wildman–Crippen MR) is 121 cm³/mol. The smallest absolute Gasteiger partial charge is 0.315 e. The van der Waals surface area contributed by atoms with Crippen molar-refractivity contribution >= 4 is 43.8 Å². The van der Waals surface area contributed by atoms with Crippen molar-refractivity contribution in [3.8, 4) is 0 Å². The monoisotopic (exact) mass is 441 g/mol. The van der Waals surface area contributed by atoms with Gasteiger partial charge in [0.25, 0.3) is 5.56 Å². The van der Waals surface area contributed by atoms with Crippen LogP contribution in [-0.4, -0.2) is 61.7 Å². The molecule has 31 heavy (non-hydrogen) atoms. The summed E-state index contributed by atoms with van der Waals surface area (Å²) in [7, 11) is 6.84. The summed E-state index contributed by atoms with van der Waals surface area (Å²) in [6.45, 7) is 1.02. The van der Waals surface area contributed by atoms with Gasteiger partial charge in [0.15, 0.2) is 16.3 Å². The number of imidazole rings is 1. The Kier molecular flexibility index (Phi) is 5.46. The molecule has 0 bridgehead atoms. The Morgan fingerprint density at radius 2 is 1.84 bits per heavy atom. The van der Waals surface area contributed by atoms with E-state index >= 15 is 0 Å². The SMILES string of the molecule is CN(C)CCN(C(=O)Cn1cnc2c1c(=O)n(C)c(=O)n2C)c1nc2ccccc2s1. The highest BCUT2D eigenvalue weighted by molar-refractivity contribution is 7.22. The Balaban J connectivity index is 1.73. The van der Waals surface area contributed by atoms with Crippen LogP contribution in [-0.2, 0) is 25.4 Å². The first kappa shape index (κ1) is 20.9. The van der Waals surface area contributed by atoms with Crippen molar-refractivity contribution in [3.63, 3.8) is 0 Å². The van der Waals surface area contributed by atoms with E-state index in [-0.39, 0.29) is 23.6 Å². The van der Waals surface area contributed by atoms with Crippen molar-refractivity contribution in [3.05, 3.63) is 51.4 Å². The highest BCUT2D eigenvalue weighted by Crippen LogP contribution is 2.28. The fourth-order valence-electron chi connectivity index (χ4n) is 3.35. The second-order valence-corrected chi connectivity index (χ2v) is 8.57. The van der Waals surface area contributed by atoms with Crippen LogP contribution in [0.4, 0.5) is 5.13 Å². The molecule has 0 spiro atoms. The average Bonchev–Trinajstić information content (AvgIpc) is 3.35. The third kappa shape index (κ3) is 3.77. The number of thiazole rings is 1. The first-order valence-corrected chi connectivity index (χ1v) is 10.5. The Labute approximate surface area is 181 Å². The van der Waals surface area contributed by atoms with Gasteiger partial charge in [0, 0.05) is 27.2 Å². The van der Waals surface area contributed by atoms with E-state index in [1.165, 1.54) is 33.8 Å². The summed E-state index contributed by atoms with van der Waals surface area (Å²) in [4.78, 5) is 50.6. The Morgan fingerprint density at radius 1 is 1.10 bits per heavy atom. The minimum atomic E-state index is -0.483. The number of likely N-dealkylation sites (N-methyl/N-ethyl adjacent to an activating group) is 1. The molecule has 0 saturated heterocycles. The fraction of sp³-hybridized carbons (Fsp3) is 0.350. The zero-order valence-electron chi connectivity index (χ0n) is 17.8.